The first-order valence-electron chi connectivity index (χ1n) is 4.06. The quantitative estimate of drug-likeness (QED) is 0.712. The van der Waals surface area contributed by atoms with Crippen LogP contribution in [0.5, 0.6) is 0 Å². The van der Waals surface area contributed by atoms with Crippen LogP contribution >= 0.6 is 11.3 Å². The maximum absolute atomic E-state index is 4.24. The SMILES string of the molecule is Cn1ccc(C=Cc2cccs2)n1. The zero-order chi connectivity index (χ0) is 9.10. The van der Waals surface area contributed by atoms with Crippen molar-refractivity contribution >= 4 is 23.5 Å². The Morgan fingerprint density at radius 3 is 2.92 bits per heavy atom. The van der Waals surface area contributed by atoms with Crippen LogP contribution in [0.2, 0.25) is 0 Å². The monoisotopic (exact) mass is 190 g/mol. The molecule has 2 aromatic heterocycles. The van der Waals surface area contributed by atoms with Crippen LogP contribution in [0.15, 0.2) is 29.8 Å². The van der Waals surface area contributed by atoms with Gasteiger partial charge < -0.3 is 0 Å². The molecule has 0 saturated heterocycles. The zero-order valence-corrected chi connectivity index (χ0v) is 8.16. The van der Waals surface area contributed by atoms with Crippen LogP contribution in [-0.4, -0.2) is 9.78 Å². The van der Waals surface area contributed by atoms with Crippen LogP contribution in [0.4, 0.5) is 0 Å². The molecule has 0 atom stereocenters. The number of hydrogen-bond acceptors (Lipinski definition) is 2. The van der Waals surface area contributed by atoms with Crippen LogP contribution in [0.1, 0.15) is 10.6 Å². The van der Waals surface area contributed by atoms with E-state index in [1.165, 1.54) is 4.88 Å². The van der Waals surface area contributed by atoms with Crippen LogP contribution in [0.3, 0.4) is 0 Å². The summed E-state index contributed by atoms with van der Waals surface area (Å²) in [5, 5.41) is 6.31. The number of nitrogens with zero attached hydrogens (tertiary/aromatic N) is 2. The van der Waals surface area contributed by atoms with E-state index in [0.29, 0.717) is 0 Å². The first kappa shape index (κ1) is 8.26. The summed E-state index contributed by atoms with van der Waals surface area (Å²) in [4.78, 5) is 1.26. The van der Waals surface area contributed by atoms with Gasteiger partial charge in [-0.3, -0.25) is 4.68 Å². The Balaban J connectivity index is 2.14. The molecule has 0 aliphatic heterocycles. The number of thiophene rings is 1. The molecule has 0 aliphatic carbocycles. The van der Waals surface area contributed by atoms with Gasteiger partial charge >= 0.3 is 0 Å². The fraction of sp³-hybridized carbons (Fsp3) is 0.100. The molecule has 2 rings (SSSR count). The highest BCUT2D eigenvalue weighted by Crippen LogP contribution is 2.12. The van der Waals surface area contributed by atoms with Crippen molar-refractivity contribution in [2.24, 2.45) is 7.05 Å². The highest BCUT2D eigenvalue weighted by atomic mass is 32.1. The van der Waals surface area contributed by atoms with E-state index in [-0.39, 0.29) is 0 Å². The van der Waals surface area contributed by atoms with Gasteiger partial charge in [0.2, 0.25) is 0 Å². The third-order valence-electron chi connectivity index (χ3n) is 1.70. The second-order valence-corrected chi connectivity index (χ2v) is 3.74. The van der Waals surface area contributed by atoms with Gasteiger partial charge in [0.25, 0.3) is 0 Å². The van der Waals surface area contributed by atoms with Gasteiger partial charge in [-0.15, -0.1) is 11.3 Å². The third-order valence-corrected chi connectivity index (χ3v) is 2.53. The second kappa shape index (κ2) is 3.58. The van der Waals surface area contributed by atoms with E-state index < -0.39 is 0 Å². The summed E-state index contributed by atoms with van der Waals surface area (Å²) in [5.41, 5.74) is 0.996. The number of aryl methyl sites for hydroxylation is 1. The highest BCUT2D eigenvalue weighted by molar-refractivity contribution is 7.10. The summed E-state index contributed by atoms with van der Waals surface area (Å²) in [6.07, 6.45) is 6.03. The Morgan fingerprint density at radius 2 is 2.31 bits per heavy atom. The van der Waals surface area contributed by atoms with E-state index in [4.69, 9.17) is 0 Å². The molecular weight excluding hydrogens is 180 g/mol. The van der Waals surface area contributed by atoms with E-state index >= 15 is 0 Å². The van der Waals surface area contributed by atoms with Gasteiger partial charge in [0.05, 0.1) is 5.69 Å². The Labute approximate surface area is 81.1 Å². The Morgan fingerprint density at radius 1 is 1.38 bits per heavy atom. The molecule has 0 N–H and O–H groups in total. The molecule has 0 fully saturated rings. The predicted octanol–water partition coefficient (Wildman–Crippen LogP) is 2.65. The molecule has 2 heterocycles. The standard InChI is InChI=1S/C10H10N2S/c1-12-7-6-9(11-12)4-5-10-3-2-8-13-10/h2-8H,1H3. The topological polar surface area (TPSA) is 17.8 Å². The lowest BCUT2D eigenvalue weighted by molar-refractivity contribution is 0.765. The summed E-state index contributed by atoms with van der Waals surface area (Å²) < 4.78 is 1.80. The first-order chi connectivity index (χ1) is 6.34. The van der Waals surface area contributed by atoms with E-state index in [0.717, 1.165) is 5.69 Å². The minimum absolute atomic E-state index is 0.996. The largest absolute Gasteiger partial charge is 0.275 e. The molecule has 0 aromatic carbocycles. The third kappa shape index (κ3) is 2.06. The molecule has 3 heteroatoms. The maximum Gasteiger partial charge on any atom is 0.0851 e. The van der Waals surface area contributed by atoms with E-state index in [1.807, 2.05) is 31.5 Å². The van der Waals surface area contributed by atoms with Crippen molar-refractivity contribution in [3.05, 3.63) is 40.3 Å². The average molecular weight is 190 g/mol. The van der Waals surface area contributed by atoms with Crippen molar-refractivity contribution in [3.63, 3.8) is 0 Å². The van der Waals surface area contributed by atoms with Gasteiger partial charge in [-0.1, -0.05) is 6.07 Å². The summed E-state index contributed by atoms with van der Waals surface area (Å²) in [6.45, 7) is 0. The molecule has 0 bridgehead atoms. The van der Waals surface area contributed by atoms with Crippen molar-refractivity contribution < 1.29 is 0 Å². The summed E-state index contributed by atoms with van der Waals surface area (Å²) in [6, 6.07) is 6.12. The maximum atomic E-state index is 4.24. The van der Waals surface area contributed by atoms with Crippen LogP contribution < -0.4 is 0 Å². The Kier molecular flexibility index (Phi) is 2.27. The van der Waals surface area contributed by atoms with Crippen molar-refractivity contribution in [3.8, 4) is 0 Å². The van der Waals surface area contributed by atoms with E-state index in [2.05, 4.69) is 22.6 Å². The first-order valence-corrected chi connectivity index (χ1v) is 4.94. The second-order valence-electron chi connectivity index (χ2n) is 2.76. The lowest BCUT2D eigenvalue weighted by Crippen LogP contribution is -1.86. The number of hydrogen-bond donors (Lipinski definition) is 0. The minimum Gasteiger partial charge on any atom is -0.275 e. The van der Waals surface area contributed by atoms with Crippen LogP contribution in [-0.2, 0) is 7.05 Å². The minimum atomic E-state index is 0.996. The van der Waals surface area contributed by atoms with E-state index in [9.17, 15) is 0 Å². The predicted molar refractivity (Wildman–Crippen MR) is 56.5 cm³/mol. The molecule has 0 saturated carbocycles. The Bertz CT molecular complexity index is 398. The van der Waals surface area contributed by atoms with Crippen molar-refractivity contribution in [2.75, 3.05) is 0 Å². The average Bonchev–Trinajstić information content (AvgIpc) is 2.71. The summed E-state index contributed by atoms with van der Waals surface area (Å²) >= 11 is 1.73. The van der Waals surface area contributed by atoms with Gasteiger partial charge in [0, 0.05) is 18.1 Å². The Hall–Kier alpha value is -1.35. The molecule has 0 aliphatic rings. The fourth-order valence-electron chi connectivity index (χ4n) is 1.08. The fourth-order valence-corrected chi connectivity index (χ4v) is 1.69. The van der Waals surface area contributed by atoms with Crippen molar-refractivity contribution in [2.45, 2.75) is 0 Å². The molecule has 0 spiro atoms. The van der Waals surface area contributed by atoms with E-state index in [1.54, 1.807) is 16.0 Å². The van der Waals surface area contributed by atoms with Gasteiger partial charge in [-0.2, -0.15) is 5.10 Å². The van der Waals surface area contributed by atoms with Crippen LogP contribution in [0, 0.1) is 0 Å². The van der Waals surface area contributed by atoms with Crippen molar-refractivity contribution in [1.82, 2.24) is 9.78 Å². The zero-order valence-electron chi connectivity index (χ0n) is 7.34. The molecule has 0 unspecified atom stereocenters. The lowest BCUT2D eigenvalue weighted by Gasteiger charge is -1.84. The van der Waals surface area contributed by atoms with Gasteiger partial charge in [0.1, 0.15) is 0 Å². The van der Waals surface area contributed by atoms with Gasteiger partial charge in [0.15, 0.2) is 0 Å². The number of rotatable bonds is 2. The summed E-state index contributed by atoms with van der Waals surface area (Å²) in [7, 11) is 1.92. The lowest BCUT2D eigenvalue weighted by atomic mass is 10.3. The molecule has 13 heavy (non-hydrogen) atoms. The molecule has 2 aromatic rings. The van der Waals surface area contributed by atoms with Gasteiger partial charge in [-0.05, 0) is 29.7 Å². The normalized spacial score (nSPS) is 11.2. The van der Waals surface area contributed by atoms with Crippen LogP contribution in [0.25, 0.3) is 12.2 Å². The smallest absolute Gasteiger partial charge is 0.0851 e. The highest BCUT2D eigenvalue weighted by Gasteiger charge is 1.90. The van der Waals surface area contributed by atoms with Gasteiger partial charge in [-0.25, -0.2) is 0 Å². The number of aromatic nitrogens is 2. The molecule has 2 nitrogen and oxygen atoms in total. The molecule has 0 amide bonds. The molecule has 66 valence electrons. The van der Waals surface area contributed by atoms with Crippen molar-refractivity contribution in [1.29, 1.82) is 0 Å². The summed E-state index contributed by atoms with van der Waals surface area (Å²) in [5.74, 6) is 0. The molecular formula is C10H10N2S. The molecule has 0 radical (unpaired) electrons.